The number of fused-ring (bicyclic) bond motifs is 5. The molecule has 0 bridgehead atoms. The third-order valence-corrected chi connectivity index (χ3v) is 8.74. The fraction of sp³-hybridized carbons (Fsp3) is 0.667. The Morgan fingerprint density at radius 1 is 1.17 bits per heavy atom. The van der Waals surface area contributed by atoms with E-state index in [1.165, 1.54) is 22.2 Å². The average Bonchev–Trinajstić information content (AvgIpc) is 3.26. The number of ether oxygens (including phenoxy) is 1. The molecule has 3 aromatic heterocycles. The van der Waals surface area contributed by atoms with Crippen molar-refractivity contribution >= 4 is 50.7 Å². The van der Waals surface area contributed by atoms with Crippen molar-refractivity contribution in [1.82, 2.24) is 19.6 Å². The zero-order valence-corrected chi connectivity index (χ0v) is 20.4. The third-order valence-electron chi connectivity index (χ3n) is 5.53. The topological polar surface area (TPSA) is 52.3 Å². The van der Waals surface area contributed by atoms with Gasteiger partial charge in [0, 0.05) is 22.8 Å². The van der Waals surface area contributed by atoms with E-state index in [2.05, 4.69) is 49.2 Å². The van der Waals surface area contributed by atoms with E-state index in [-0.39, 0.29) is 5.60 Å². The normalized spacial score (nSPS) is 19.5. The molecule has 0 saturated heterocycles. The SMILES string of the molecule is CCCSc1nc2sc3c(c2c2nnc(SCCC(C)C)n12)C[C@@](C)(CC)OC3. The van der Waals surface area contributed by atoms with Crippen molar-refractivity contribution in [2.24, 2.45) is 5.92 Å². The minimum atomic E-state index is -0.109. The van der Waals surface area contributed by atoms with E-state index in [0.717, 1.165) is 51.6 Å². The van der Waals surface area contributed by atoms with Crippen LogP contribution in [-0.2, 0) is 17.8 Å². The van der Waals surface area contributed by atoms with Crippen LogP contribution in [0.4, 0.5) is 0 Å². The van der Waals surface area contributed by atoms with Gasteiger partial charge in [-0.25, -0.2) is 9.38 Å². The van der Waals surface area contributed by atoms with E-state index in [1.54, 1.807) is 23.1 Å². The highest BCUT2D eigenvalue weighted by molar-refractivity contribution is 7.99. The van der Waals surface area contributed by atoms with E-state index in [4.69, 9.17) is 9.72 Å². The summed E-state index contributed by atoms with van der Waals surface area (Å²) in [6.07, 6.45) is 4.21. The summed E-state index contributed by atoms with van der Waals surface area (Å²) in [6, 6.07) is 0. The van der Waals surface area contributed by atoms with Gasteiger partial charge in [0.2, 0.25) is 0 Å². The highest BCUT2D eigenvalue weighted by Crippen LogP contribution is 2.42. The number of rotatable bonds is 8. The van der Waals surface area contributed by atoms with Crippen LogP contribution in [-0.4, -0.2) is 36.7 Å². The smallest absolute Gasteiger partial charge is 0.197 e. The fourth-order valence-corrected chi connectivity index (χ4v) is 6.74. The van der Waals surface area contributed by atoms with Crippen LogP contribution in [0.3, 0.4) is 0 Å². The molecule has 0 saturated carbocycles. The second-order valence-corrected chi connectivity index (χ2v) is 11.6. The molecule has 4 heterocycles. The van der Waals surface area contributed by atoms with Gasteiger partial charge in [-0.05, 0) is 37.7 Å². The number of thioether (sulfide) groups is 2. The van der Waals surface area contributed by atoms with Gasteiger partial charge in [0.15, 0.2) is 16.0 Å². The Morgan fingerprint density at radius 2 is 1.97 bits per heavy atom. The van der Waals surface area contributed by atoms with Crippen LogP contribution in [0.2, 0.25) is 0 Å². The highest BCUT2D eigenvalue weighted by Gasteiger charge is 2.33. The summed E-state index contributed by atoms with van der Waals surface area (Å²) >= 11 is 5.37. The Kier molecular flexibility index (Phi) is 6.44. The second-order valence-electron chi connectivity index (χ2n) is 8.37. The molecule has 1 atom stereocenters. The average molecular weight is 451 g/mol. The van der Waals surface area contributed by atoms with Gasteiger partial charge < -0.3 is 4.74 Å². The number of thiophene rings is 1. The minimum Gasteiger partial charge on any atom is -0.369 e. The molecule has 0 N–H and O–H groups in total. The molecular formula is C21H30N4OS3. The first kappa shape index (κ1) is 21.4. The summed E-state index contributed by atoms with van der Waals surface area (Å²) in [5.41, 5.74) is 2.23. The van der Waals surface area contributed by atoms with Crippen molar-refractivity contribution in [1.29, 1.82) is 0 Å². The maximum absolute atomic E-state index is 6.19. The van der Waals surface area contributed by atoms with Gasteiger partial charge in [0.25, 0.3) is 0 Å². The Labute approximate surface area is 185 Å². The van der Waals surface area contributed by atoms with Crippen molar-refractivity contribution in [3.8, 4) is 0 Å². The lowest BCUT2D eigenvalue weighted by Crippen LogP contribution is -2.33. The predicted octanol–water partition coefficient (Wildman–Crippen LogP) is 6.22. The maximum atomic E-state index is 6.19. The van der Waals surface area contributed by atoms with Gasteiger partial charge in [-0.2, -0.15) is 0 Å². The van der Waals surface area contributed by atoms with Crippen molar-refractivity contribution in [2.75, 3.05) is 11.5 Å². The number of hydrogen-bond acceptors (Lipinski definition) is 7. The Hall–Kier alpha value is -0.830. The molecule has 3 aromatic rings. The molecule has 0 radical (unpaired) electrons. The lowest BCUT2D eigenvalue weighted by Gasteiger charge is -2.33. The van der Waals surface area contributed by atoms with Crippen LogP contribution in [0, 0.1) is 5.92 Å². The van der Waals surface area contributed by atoms with Gasteiger partial charge in [-0.15, -0.1) is 21.5 Å². The van der Waals surface area contributed by atoms with E-state index >= 15 is 0 Å². The minimum absolute atomic E-state index is 0.109. The molecule has 0 amide bonds. The van der Waals surface area contributed by atoms with Gasteiger partial charge in [-0.1, -0.05) is 51.2 Å². The lowest BCUT2D eigenvalue weighted by atomic mass is 9.90. The van der Waals surface area contributed by atoms with E-state index in [0.29, 0.717) is 12.5 Å². The zero-order valence-electron chi connectivity index (χ0n) is 17.9. The first-order valence-corrected chi connectivity index (χ1v) is 13.3. The Morgan fingerprint density at radius 3 is 2.69 bits per heavy atom. The Balaban J connectivity index is 1.84. The first-order valence-electron chi connectivity index (χ1n) is 10.5. The van der Waals surface area contributed by atoms with Gasteiger partial charge in [-0.3, -0.25) is 0 Å². The summed E-state index contributed by atoms with van der Waals surface area (Å²) in [5, 5.41) is 12.4. The van der Waals surface area contributed by atoms with Crippen LogP contribution < -0.4 is 0 Å². The number of nitrogens with zero attached hydrogens (tertiary/aromatic N) is 4. The van der Waals surface area contributed by atoms with Crippen LogP contribution in [0.15, 0.2) is 10.3 Å². The predicted molar refractivity (Wildman–Crippen MR) is 125 cm³/mol. The summed E-state index contributed by atoms with van der Waals surface area (Å²) in [7, 11) is 0. The van der Waals surface area contributed by atoms with Crippen molar-refractivity contribution in [2.45, 2.75) is 82.8 Å². The molecule has 29 heavy (non-hydrogen) atoms. The summed E-state index contributed by atoms with van der Waals surface area (Å²) in [5.74, 6) is 2.79. The zero-order chi connectivity index (χ0) is 20.6. The van der Waals surface area contributed by atoms with Gasteiger partial charge >= 0.3 is 0 Å². The molecule has 0 unspecified atom stereocenters. The molecule has 1 aliphatic heterocycles. The molecule has 1 aliphatic rings. The van der Waals surface area contributed by atoms with E-state index in [1.807, 2.05) is 11.8 Å². The van der Waals surface area contributed by atoms with Crippen molar-refractivity contribution in [3.05, 3.63) is 10.4 Å². The number of aromatic nitrogens is 4. The van der Waals surface area contributed by atoms with Gasteiger partial charge in [0.1, 0.15) is 4.83 Å². The first-order chi connectivity index (χ1) is 14.0. The summed E-state index contributed by atoms with van der Waals surface area (Å²) < 4.78 is 8.40. The molecule has 158 valence electrons. The monoisotopic (exact) mass is 450 g/mol. The number of hydrogen-bond donors (Lipinski definition) is 0. The lowest BCUT2D eigenvalue weighted by molar-refractivity contribution is -0.0542. The van der Waals surface area contributed by atoms with Crippen LogP contribution in [0.5, 0.6) is 0 Å². The molecule has 0 fully saturated rings. The molecule has 0 spiro atoms. The molecule has 4 rings (SSSR count). The second kappa shape index (κ2) is 8.73. The quantitative estimate of drug-likeness (QED) is 0.300. The van der Waals surface area contributed by atoms with Crippen LogP contribution >= 0.6 is 34.9 Å². The van der Waals surface area contributed by atoms with Gasteiger partial charge in [0.05, 0.1) is 17.6 Å². The van der Waals surface area contributed by atoms with E-state index in [9.17, 15) is 0 Å². The maximum Gasteiger partial charge on any atom is 0.197 e. The fourth-order valence-electron chi connectivity index (χ4n) is 3.51. The van der Waals surface area contributed by atoms with Crippen LogP contribution in [0.1, 0.15) is 64.3 Å². The molecule has 0 aliphatic carbocycles. The standard InChI is InChI=1S/C21H30N4OS3/c1-6-9-27-19-22-18-16(14-11-21(5,7-2)26-12-15(14)29-18)17-23-24-20(25(17)19)28-10-8-13(3)4/h13H,6-12H2,1-5H3/t21-/m1/s1. The molecule has 8 heteroatoms. The Bertz CT molecular complexity index is 1010. The summed E-state index contributed by atoms with van der Waals surface area (Å²) in [6.45, 7) is 11.8. The molecule has 0 aromatic carbocycles. The van der Waals surface area contributed by atoms with E-state index < -0.39 is 0 Å². The van der Waals surface area contributed by atoms with Crippen molar-refractivity contribution < 1.29 is 4.74 Å². The highest BCUT2D eigenvalue weighted by atomic mass is 32.2. The largest absolute Gasteiger partial charge is 0.369 e. The molecular weight excluding hydrogens is 420 g/mol. The van der Waals surface area contributed by atoms with Crippen LogP contribution in [0.25, 0.3) is 15.9 Å². The summed E-state index contributed by atoms with van der Waals surface area (Å²) in [4.78, 5) is 7.47. The van der Waals surface area contributed by atoms with Crippen molar-refractivity contribution in [3.63, 3.8) is 0 Å². The molecule has 5 nitrogen and oxygen atoms in total. The third kappa shape index (κ3) is 4.18.